The van der Waals surface area contributed by atoms with Crippen molar-refractivity contribution < 1.29 is 9.47 Å². The molecule has 0 spiro atoms. The van der Waals surface area contributed by atoms with E-state index in [9.17, 15) is 0 Å². The first-order chi connectivity index (χ1) is 5.84. The average molecular weight is 173 g/mol. The van der Waals surface area contributed by atoms with Gasteiger partial charge in [0.05, 0.1) is 6.10 Å². The molecule has 0 aromatic rings. The van der Waals surface area contributed by atoms with Crippen LogP contribution < -0.4 is 5.73 Å². The molecule has 0 bridgehead atoms. The van der Waals surface area contributed by atoms with Gasteiger partial charge in [-0.3, -0.25) is 0 Å². The van der Waals surface area contributed by atoms with Gasteiger partial charge in [-0.05, 0) is 19.8 Å². The van der Waals surface area contributed by atoms with Crippen molar-refractivity contribution in [2.24, 2.45) is 5.73 Å². The van der Waals surface area contributed by atoms with Crippen LogP contribution in [-0.2, 0) is 9.47 Å². The van der Waals surface area contributed by atoms with Crippen LogP contribution in [0.2, 0.25) is 0 Å². The zero-order valence-electron chi connectivity index (χ0n) is 7.79. The molecule has 0 amide bonds. The van der Waals surface area contributed by atoms with Gasteiger partial charge in [0, 0.05) is 12.6 Å². The van der Waals surface area contributed by atoms with Crippen LogP contribution in [0.5, 0.6) is 0 Å². The summed E-state index contributed by atoms with van der Waals surface area (Å²) in [5.41, 5.74) is 5.88. The Hall–Kier alpha value is -0.120. The highest BCUT2D eigenvalue weighted by Crippen LogP contribution is 2.19. The molecule has 1 aliphatic carbocycles. The molecule has 3 nitrogen and oxygen atoms in total. The summed E-state index contributed by atoms with van der Waals surface area (Å²) in [6.45, 7) is 3.07. The van der Waals surface area contributed by atoms with Gasteiger partial charge in [-0.25, -0.2) is 0 Å². The number of rotatable bonds is 4. The first-order valence-electron chi connectivity index (χ1n) is 4.79. The van der Waals surface area contributed by atoms with E-state index in [2.05, 4.69) is 0 Å². The van der Waals surface area contributed by atoms with Crippen LogP contribution in [0.25, 0.3) is 0 Å². The van der Waals surface area contributed by atoms with Gasteiger partial charge < -0.3 is 15.2 Å². The molecule has 0 aliphatic heterocycles. The summed E-state index contributed by atoms with van der Waals surface area (Å²) in [6.07, 6.45) is 4.90. The summed E-state index contributed by atoms with van der Waals surface area (Å²) in [6, 6.07) is 0.221. The van der Waals surface area contributed by atoms with E-state index in [4.69, 9.17) is 15.2 Å². The van der Waals surface area contributed by atoms with E-state index in [-0.39, 0.29) is 12.1 Å². The third-order valence-electron chi connectivity index (χ3n) is 2.32. The van der Waals surface area contributed by atoms with Crippen LogP contribution in [0.1, 0.15) is 32.6 Å². The quantitative estimate of drug-likeness (QED) is 0.514. The lowest BCUT2D eigenvalue weighted by Crippen LogP contribution is -2.39. The molecule has 0 saturated heterocycles. The minimum Gasteiger partial charge on any atom is -0.356 e. The molecule has 0 aromatic carbocycles. The highest BCUT2D eigenvalue weighted by molar-refractivity contribution is 4.77. The monoisotopic (exact) mass is 173 g/mol. The topological polar surface area (TPSA) is 44.5 Å². The molecule has 72 valence electrons. The average Bonchev–Trinajstić information content (AvgIpc) is 2.09. The van der Waals surface area contributed by atoms with Gasteiger partial charge in [-0.2, -0.15) is 0 Å². The van der Waals surface area contributed by atoms with Crippen molar-refractivity contribution in [2.45, 2.75) is 44.8 Å². The zero-order chi connectivity index (χ0) is 8.81. The van der Waals surface area contributed by atoms with E-state index in [1.54, 1.807) is 0 Å². The van der Waals surface area contributed by atoms with Crippen molar-refractivity contribution in [3.05, 3.63) is 0 Å². The van der Waals surface area contributed by atoms with Crippen molar-refractivity contribution in [3.8, 4) is 0 Å². The van der Waals surface area contributed by atoms with Crippen LogP contribution in [0.3, 0.4) is 0 Å². The Morgan fingerprint density at radius 1 is 1.33 bits per heavy atom. The van der Waals surface area contributed by atoms with E-state index in [0.29, 0.717) is 13.4 Å². The van der Waals surface area contributed by atoms with Crippen molar-refractivity contribution in [2.75, 3.05) is 13.4 Å². The number of hydrogen-bond donors (Lipinski definition) is 1. The van der Waals surface area contributed by atoms with Gasteiger partial charge in [0.1, 0.15) is 6.79 Å². The minimum absolute atomic E-state index is 0.221. The van der Waals surface area contributed by atoms with Crippen LogP contribution >= 0.6 is 0 Å². The van der Waals surface area contributed by atoms with E-state index in [0.717, 1.165) is 12.8 Å². The number of nitrogens with two attached hydrogens (primary N) is 1. The van der Waals surface area contributed by atoms with E-state index >= 15 is 0 Å². The van der Waals surface area contributed by atoms with Crippen LogP contribution in [0.4, 0.5) is 0 Å². The third kappa shape index (κ3) is 3.09. The molecule has 2 unspecified atom stereocenters. The Morgan fingerprint density at radius 2 is 2.08 bits per heavy atom. The Balaban J connectivity index is 2.11. The SMILES string of the molecule is CCOCOC1CCCCC1N. The second kappa shape index (κ2) is 5.51. The fraction of sp³-hybridized carbons (Fsp3) is 1.00. The number of ether oxygens (including phenoxy) is 2. The Bertz CT molecular complexity index is 119. The van der Waals surface area contributed by atoms with Gasteiger partial charge in [0.15, 0.2) is 0 Å². The Morgan fingerprint density at radius 3 is 2.75 bits per heavy atom. The maximum atomic E-state index is 5.88. The van der Waals surface area contributed by atoms with E-state index in [1.165, 1.54) is 12.8 Å². The number of hydrogen-bond acceptors (Lipinski definition) is 3. The molecule has 1 rings (SSSR count). The molecule has 1 fully saturated rings. The maximum Gasteiger partial charge on any atom is 0.147 e. The molecular formula is C9H19NO2. The first kappa shape index (κ1) is 9.96. The van der Waals surface area contributed by atoms with Gasteiger partial charge in [-0.15, -0.1) is 0 Å². The smallest absolute Gasteiger partial charge is 0.147 e. The highest BCUT2D eigenvalue weighted by atomic mass is 16.7. The lowest BCUT2D eigenvalue weighted by Gasteiger charge is -2.28. The molecule has 0 heterocycles. The predicted molar refractivity (Wildman–Crippen MR) is 47.8 cm³/mol. The lowest BCUT2D eigenvalue weighted by atomic mass is 9.93. The summed E-state index contributed by atoms with van der Waals surface area (Å²) in [4.78, 5) is 0. The molecule has 2 atom stereocenters. The largest absolute Gasteiger partial charge is 0.356 e. The summed E-state index contributed by atoms with van der Waals surface area (Å²) in [5, 5.41) is 0. The van der Waals surface area contributed by atoms with Crippen molar-refractivity contribution in [3.63, 3.8) is 0 Å². The Labute approximate surface area is 74.2 Å². The summed E-state index contributed by atoms with van der Waals surface area (Å²) >= 11 is 0. The van der Waals surface area contributed by atoms with Gasteiger partial charge >= 0.3 is 0 Å². The van der Waals surface area contributed by atoms with Crippen molar-refractivity contribution >= 4 is 0 Å². The maximum absolute atomic E-state index is 5.88. The van der Waals surface area contributed by atoms with Crippen molar-refractivity contribution in [1.82, 2.24) is 0 Å². The highest BCUT2D eigenvalue weighted by Gasteiger charge is 2.21. The molecule has 3 heteroatoms. The van der Waals surface area contributed by atoms with Gasteiger partial charge in [0.2, 0.25) is 0 Å². The van der Waals surface area contributed by atoms with E-state index < -0.39 is 0 Å². The van der Waals surface area contributed by atoms with Crippen LogP contribution in [0, 0.1) is 0 Å². The second-order valence-corrected chi connectivity index (χ2v) is 3.26. The predicted octanol–water partition coefficient (Wildman–Crippen LogP) is 1.27. The van der Waals surface area contributed by atoms with E-state index in [1.807, 2.05) is 6.92 Å². The van der Waals surface area contributed by atoms with Crippen molar-refractivity contribution in [1.29, 1.82) is 0 Å². The molecule has 1 saturated carbocycles. The molecule has 12 heavy (non-hydrogen) atoms. The Kier molecular flexibility index (Phi) is 4.58. The summed E-state index contributed by atoms with van der Waals surface area (Å²) in [7, 11) is 0. The molecule has 1 aliphatic rings. The standard InChI is InChI=1S/C9H19NO2/c1-2-11-7-12-9-6-4-3-5-8(9)10/h8-9H,2-7,10H2,1H3. The molecule has 0 radical (unpaired) electrons. The fourth-order valence-corrected chi connectivity index (χ4v) is 1.55. The molecule has 0 aromatic heterocycles. The third-order valence-corrected chi connectivity index (χ3v) is 2.32. The summed E-state index contributed by atoms with van der Waals surface area (Å²) in [5.74, 6) is 0. The minimum atomic E-state index is 0.221. The fourth-order valence-electron chi connectivity index (χ4n) is 1.55. The van der Waals surface area contributed by atoms with Crippen LogP contribution in [-0.4, -0.2) is 25.5 Å². The molecule has 2 N–H and O–H groups in total. The summed E-state index contributed by atoms with van der Waals surface area (Å²) < 4.78 is 10.6. The zero-order valence-corrected chi connectivity index (χ0v) is 7.79. The lowest BCUT2D eigenvalue weighted by molar-refractivity contribution is -0.101. The van der Waals surface area contributed by atoms with Gasteiger partial charge in [0.25, 0.3) is 0 Å². The second-order valence-electron chi connectivity index (χ2n) is 3.26. The molecular weight excluding hydrogens is 154 g/mol. The van der Waals surface area contributed by atoms with Gasteiger partial charge in [-0.1, -0.05) is 12.8 Å². The first-order valence-corrected chi connectivity index (χ1v) is 4.79. The normalized spacial score (nSPS) is 30.5. The van der Waals surface area contributed by atoms with Crippen LogP contribution in [0.15, 0.2) is 0 Å².